The third kappa shape index (κ3) is 3.27. The lowest BCUT2D eigenvalue weighted by atomic mass is 10.1. The fourth-order valence-corrected chi connectivity index (χ4v) is 3.75. The van der Waals surface area contributed by atoms with Crippen LogP contribution in [-0.2, 0) is 4.79 Å². The molecule has 0 aliphatic carbocycles. The molecule has 8 heteroatoms. The molecule has 0 atom stereocenters. The number of rotatable bonds is 5. The molecule has 0 radical (unpaired) electrons. The summed E-state index contributed by atoms with van der Waals surface area (Å²) < 4.78 is 7.27. The molecule has 3 amide bonds. The minimum Gasteiger partial charge on any atom is -0.495 e. The van der Waals surface area contributed by atoms with Gasteiger partial charge in [0.2, 0.25) is 5.91 Å². The number of benzene rings is 2. The van der Waals surface area contributed by atoms with Gasteiger partial charge in [0.1, 0.15) is 17.9 Å². The minimum atomic E-state index is -0.509. The lowest BCUT2D eigenvalue weighted by Crippen LogP contribution is -2.37. The van der Waals surface area contributed by atoms with Crippen molar-refractivity contribution < 1.29 is 19.1 Å². The maximum absolute atomic E-state index is 12.7. The second-order valence-corrected chi connectivity index (χ2v) is 7.30. The molecule has 0 bridgehead atoms. The lowest BCUT2D eigenvalue weighted by Gasteiger charge is -2.15. The van der Waals surface area contributed by atoms with E-state index in [1.165, 1.54) is 7.11 Å². The number of aromatic nitrogens is 2. The molecule has 0 fully saturated rings. The Morgan fingerprint density at radius 3 is 2.41 bits per heavy atom. The van der Waals surface area contributed by atoms with Crippen molar-refractivity contribution in [2.24, 2.45) is 0 Å². The Kier molecular flexibility index (Phi) is 4.67. The summed E-state index contributed by atoms with van der Waals surface area (Å²) in [6.45, 7) is -0.395. The van der Waals surface area contributed by atoms with E-state index in [1.807, 2.05) is 41.1 Å². The summed E-state index contributed by atoms with van der Waals surface area (Å²) >= 11 is 0. The van der Waals surface area contributed by atoms with Crippen LogP contribution in [0.15, 0.2) is 73.1 Å². The molecule has 2 aromatic carbocycles. The second-order valence-electron chi connectivity index (χ2n) is 7.30. The summed E-state index contributed by atoms with van der Waals surface area (Å²) in [5, 5.41) is 2.76. The van der Waals surface area contributed by atoms with Gasteiger partial charge in [0.05, 0.1) is 29.6 Å². The Morgan fingerprint density at radius 2 is 1.72 bits per heavy atom. The number of imidazole rings is 1. The average molecular weight is 426 g/mol. The highest BCUT2D eigenvalue weighted by atomic mass is 16.5. The van der Waals surface area contributed by atoms with Gasteiger partial charge in [-0.3, -0.25) is 19.3 Å². The van der Waals surface area contributed by atoms with E-state index in [1.54, 1.807) is 36.4 Å². The van der Waals surface area contributed by atoms with Crippen LogP contribution in [0.1, 0.15) is 20.7 Å². The quantitative estimate of drug-likeness (QED) is 0.495. The zero-order valence-corrected chi connectivity index (χ0v) is 17.1. The number of ether oxygens (including phenoxy) is 1. The molecular formula is C24H18N4O4. The molecule has 158 valence electrons. The van der Waals surface area contributed by atoms with E-state index >= 15 is 0 Å². The van der Waals surface area contributed by atoms with Crippen molar-refractivity contribution in [3.05, 3.63) is 84.2 Å². The van der Waals surface area contributed by atoms with Gasteiger partial charge in [-0.2, -0.15) is 0 Å². The predicted octanol–water partition coefficient (Wildman–Crippen LogP) is 3.24. The van der Waals surface area contributed by atoms with Crippen LogP contribution >= 0.6 is 0 Å². The highest BCUT2D eigenvalue weighted by Crippen LogP contribution is 2.31. The van der Waals surface area contributed by atoms with Gasteiger partial charge < -0.3 is 14.5 Å². The number of carbonyl (C=O) groups is 3. The van der Waals surface area contributed by atoms with Crippen LogP contribution in [-0.4, -0.2) is 45.7 Å². The lowest BCUT2D eigenvalue weighted by molar-refractivity contribution is -0.116. The molecule has 8 nitrogen and oxygen atoms in total. The first-order valence-corrected chi connectivity index (χ1v) is 9.92. The first kappa shape index (κ1) is 19.5. The third-order valence-electron chi connectivity index (χ3n) is 5.31. The Balaban J connectivity index is 1.39. The Hall–Kier alpha value is -4.46. The zero-order valence-electron chi connectivity index (χ0n) is 17.1. The molecule has 0 unspecified atom stereocenters. The van der Waals surface area contributed by atoms with E-state index in [4.69, 9.17) is 4.74 Å². The van der Waals surface area contributed by atoms with Gasteiger partial charge in [-0.15, -0.1) is 0 Å². The van der Waals surface area contributed by atoms with Crippen molar-refractivity contribution in [2.75, 3.05) is 19.0 Å². The molecule has 1 aliphatic rings. The highest BCUT2D eigenvalue weighted by molar-refractivity contribution is 6.22. The number of pyridine rings is 1. The number of nitrogens with one attached hydrogen (secondary N) is 1. The topological polar surface area (TPSA) is 93.0 Å². The number of fused-ring (bicyclic) bond motifs is 2. The summed E-state index contributed by atoms with van der Waals surface area (Å²) in [5.41, 5.74) is 3.34. The second kappa shape index (κ2) is 7.66. The average Bonchev–Trinajstić information content (AvgIpc) is 3.35. The van der Waals surface area contributed by atoms with Crippen LogP contribution in [0.5, 0.6) is 5.75 Å². The largest absolute Gasteiger partial charge is 0.495 e. The fourth-order valence-electron chi connectivity index (χ4n) is 3.75. The molecule has 1 aliphatic heterocycles. The SMILES string of the molecule is COc1ccc(-c2cn3ccccc3n2)cc1NC(=O)CN1C(=O)c2ccccc2C1=O. The Bertz CT molecular complexity index is 1320. The standard InChI is InChI=1S/C24H18N4O4/c1-32-20-10-9-15(19-13-27-11-5-4-8-21(27)25-19)12-18(20)26-22(29)14-28-23(30)16-6-2-3-7-17(16)24(28)31/h2-13H,14H2,1H3,(H,26,29). The van der Waals surface area contributed by atoms with E-state index in [0.29, 0.717) is 22.6 Å². The van der Waals surface area contributed by atoms with E-state index < -0.39 is 24.3 Å². The van der Waals surface area contributed by atoms with Crippen molar-refractivity contribution in [3.63, 3.8) is 0 Å². The molecule has 2 aromatic heterocycles. The number of carbonyl (C=O) groups excluding carboxylic acids is 3. The summed E-state index contributed by atoms with van der Waals surface area (Å²) in [6.07, 6.45) is 3.79. The first-order chi connectivity index (χ1) is 15.5. The summed E-state index contributed by atoms with van der Waals surface area (Å²) in [5.74, 6) is -1.02. The van der Waals surface area contributed by atoms with Gasteiger partial charge in [0, 0.05) is 18.0 Å². The Labute approximate surface area is 183 Å². The number of amides is 3. The van der Waals surface area contributed by atoms with Gasteiger partial charge in [-0.25, -0.2) is 4.98 Å². The van der Waals surface area contributed by atoms with Crippen molar-refractivity contribution in [2.45, 2.75) is 0 Å². The number of hydrogen-bond acceptors (Lipinski definition) is 5. The zero-order chi connectivity index (χ0) is 22.2. The van der Waals surface area contributed by atoms with Crippen molar-refractivity contribution in [3.8, 4) is 17.0 Å². The van der Waals surface area contributed by atoms with Crippen LogP contribution < -0.4 is 10.1 Å². The summed E-state index contributed by atoms with van der Waals surface area (Å²) in [4.78, 5) is 43.3. The summed E-state index contributed by atoms with van der Waals surface area (Å²) in [6, 6.07) is 17.6. The third-order valence-corrected chi connectivity index (χ3v) is 5.31. The molecule has 5 rings (SSSR count). The van der Waals surface area contributed by atoms with Crippen molar-refractivity contribution >= 4 is 29.1 Å². The van der Waals surface area contributed by atoms with Gasteiger partial charge in [-0.1, -0.05) is 18.2 Å². The van der Waals surface area contributed by atoms with Crippen LogP contribution in [0.25, 0.3) is 16.9 Å². The van der Waals surface area contributed by atoms with Gasteiger partial charge in [0.15, 0.2) is 0 Å². The fraction of sp³-hybridized carbons (Fsp3) is 0.0833. The van der Waals surface area contributed by atoms with Gasteiger partial charge >= 0.3 is 0 Å². The molecule has 1 N–H and O–H groups in total. The van der Waals surface area contributed by atoms with Gasteiger partial charge in [-0.05, 0) is 42.5 Å². The number of hydrogen-bond donors (Lipinski definition) is 1. The highest BCUT2D eigenvalue weighted by Gasteiger charge is 2.36. The van der Waals surface area contributed by atoms with E-state index in [2.05, 4.69) is 10.3 Å². The van der Waals surface area contributed by atoms with E-state index in [9.17, 15) is 14.4 Å². The number of imide groups is 1. The molecule has 0 saturated heterocycles. The molecular weight excluding hydrogens is 408 g/mol. The monoisotopic (exact) mass is 426 g/mol. The normalized spacial score (nSPS) is 12.8. The maximum Gasteiger partial charge on any atom is 0.262 e. The molecule has 4 aromatic rings. The predicted molar refractivity (Wildman–Crippen MR) is 118 cm³/mol. The number of anilines is 1. The number of methoxy groups -OCH3 is 1. The van der Waals surface area contributed by atoms with Crippen LogP contribution in [0.2, 0.25) is 0 Å². The van der Waals surface area contributed by atoms with Crippen molar-refractivity contribution in [1.82, 2.24) is 14.3 Å². The molecule has 0 spiro atoms. The van der Waals surface area contributed by atoms with E-state index in [0.717, 1.165) is 21.8 Å². The number of nitrogens with zero attached hydrogens (tertiary/aromatic N) is 3. The van der Waals surface area contributed by atoms with Crippen LogP contribution in [0.3, 0.4) is 0 Å². The van der Waals surface area contributed by atoms with Crippen LogP contribution in [0.4, 0.5) is 5.69 Å². The molecule has 3 heterocycles. The maximum atomic E-state index is 12.7. The smallest absolute Gasteiger partial charge is 0.262 e. The van der Waals surface area contributed by atoms with Crippen LogP contribution in [0, 0.1) is 0 Å². The molecule has 32 heavy (non-hydrogen) atoms. The molecule has 0 saturated carbocycles. The summed E-state index contributed by atoms with van der Waals surface area (Å²) in [7, 11) is 1.50. The van der Waals surface area contributed by atoms with Crippen molar-refractivity contribution in [1.29, 1.82) is 0 Å². The van der Waals surface area contributed by atoms with E-state index in [-0.39, 0.29) is 0 Å². The Morgan fingerprint density at radius 1 is 1.00 bits per heavy atom. The van der Waals surface area contributed by atoms with Gasteiger partial charge in [0.25, 0.3) is 11.8 Å². The first-order valence-electron chi connectivity index (χ1n) is 9.92. The minimum absolute atomic E-state index is 0.303.